The number of imidazole rings is 1. The highest BCUT2D eigenvalue weighted by molar-refractivity contribution is 5.03. The lowest BCUT2D eigenvalue weighted by atomic mass is 10.4. The number of aryl methyl sites for hydroxylation is 1. The molecule has 2 rings (SSSR count). The van der Waals surface area contributed by atoms with Crippen LogP contribution in [0.25, 0.3) is 0 Å². The van der Waals surface area contributed by atoms with Crippen LogP contribution in [0.3, 0.4) is 0 Å². The summed E-state index contributed by atoms with van der Waals surface area (Å²) in [6, 6.07) is 0. The van der Waals surface area contributed by atoms with Crippen molar-refractivity contribution in [2.45, 2.75) is 47.7 Å². The van der Waals surface area contributed by atoms with Gasteiger partial charge in [-0.3, -0.25) is 0 Å². The molecule has 0 radical (unpaired) electrons. The zero-order valence-electron chi connectivity index (χ0n) is 10.1. The average Bonchev–Trinajstić information content (AvgIpc) is 2.64. The molecule has 3 heteroatoms. The molecule has 14 heavy (non-hydrogen) atoms. The van der Waals surface area contributed by atoms with Crippen LogP contribution >= 0.6 is 0 Å². The number of rotatable bonds is 0. The number of aromatic nitrogens is 2. The Kier molecular flexibility index (Phi) is 7.11. The van der Waals surface area contributed by atoms with Crippen LogP contribution in [0, 0.1) is 6.92 Å². The quantitative estimate of drug-likeness (QED) is 0.692. The first-order valence-electron chi connectivity index (χ1n) is 5.59. The molecule has 0 unspecified atom stereocenters. The molecule has 3 nitrogen and oxygen atoms in total. The number of nitrogens with one attached hydrogen (secondary N) is 1. The Labute approximate surface area is 87.5 Å². The first-order valence-corrected chi connectivity index (χ1v) is 5.59. The fraction of sp³-hybridized carbons (Fsp3) is 0.727. The molecule has 2 heterocycles. The van der Waals surface area contributed by atoms with Gasteiger partial charge in [-0.2, -0.15) is 0 Å². The third-order valence-electron chi connectivity index (χ3n) is 1.79. The zero-order chi connectivity index (χ0) is 11.0. The molecular weight excluding hydrogens is 174 g/mol. The van der Waals surface area contributed by atoms with E-state index < -0.39 is 0 Å². The molecule has 1 aromatic rings. The van der Waals surface area contributed by atoms with Gasteiger partial charge in [-0.15, -0.1) is 0 Å². The highest BCUT2D eigenvalue weighted by Crippen LogP contribution is 2.04. The van der Waals surface area contributed by atoms with Crippen molar-refractivity contribution < 1.29 is 0 Å². The molecule has 0 aliphatic carbocycles. The fourth-order valence-electron chi connectivity index (χ4n) is 1.33. The lowest BCUT2D eigenvalue weighted by Gasteiger charge is -2.13. The van der Waals surface area contributed by atoms with Crippen LogP contribution < -0.4 is 5.32 Å². The second kappa shape index (κ2) is 7.56. The van der Waals surface area contributed by atoms with Crippen molar-refractivity contribution >= 4 is 0 Å². The van der Waals surface area contributed by atoms with E-state index in [1.165, 1.54) is 5.82 Å². The molecule has 0 aromatic carbocycles. The SMILES string of the molecule is CC.CC.Cc1cn2c(n1)CNCC2. The third-order valence-corrected chi connectivity index (χ3v) is 1.79. The highest BCUT2D eigenvalue weighted by Gasteiger charge is 2.08. The van der Waals surface area contributed by atoms with Gasteiger partial charge in [-0.25, -0.2) is 4.98 Å². The summed E-state index contributed by atoms with van der Waals surface area (Å²) in [4.78, 5) is 4.35. The number of hydrogen-bond acceptors (Lipinski definition) is 2. The van der Waals surface area contributed by atoms with E-state index in [2.05, 4.69) is 21.1 Å². The zero-order valence-corrected chi connectivity index (χ0v) is 10.1. The first kappa shape index (κ1) is 13.2. The Balaban J connectivity index is 0.000000379. The van der Waals surface area contributed by atoms with E-state index in [1.807, 2.05) is 34.6 Å². The largest absolute Gasteiger partial charge is 0.332 e. The van der Waals surface area contributed by atoms with Gasteiger partial charge >= 0.3 is 0 Å². The summed E-state index contributed by atoms with van der Waals surface area (Å²) in [6.45, 7) is 13.1. The molecule has 1 aliphatic heterocycles. The van der Waals surface area contributed by atoms with Gasteiger partial charge in [0.15, 0.2) is 0 Å². The summed E-state index contributed by atoms with van der Waals surface area (Å²) in [6.07, 6.45) is 2.11. The third kappa shape index (κ3) is 3.50. The predicted octanol–water partition coefficient (Wildman–Crippen LogP) is 2.35. The molecular formula is C11H23N3. The van der Waals surface area contributed by atoms with Gasteiger partial charge in [0.1, 0.15) is 5.82 Å². The summed E-state index contributed by atoms with van der Waals surface area (Å²) >= 11 is 0. The average molecular weight is 197 g/mol. The van der Waals surface area contributed by atoms with Gasteiger partial charge < -0.3 is 9.88 Å². The van der Waals surface area contributed by atoms with E-state index in [-0.39, 0.29) is 0 Å². The van der Waals surface area contributed by atoms with Crippen molar-refractivity contribution in [1.82, 2.24) is 14.9 Å². The molecule has 0 bridgehead atoms. The van der Waals surface area contributed by atoms with Crippen molar-refractivity contribution in [3.05, 3.63) is 17.7 Å². The second-order valence-corrected chi connectivity index (χ2v) is 2.67. The second-order valence-electron chi connectivity index (χ2n) is 2.67. The van der Waals surface area contributed by atoms with Gasteiger partial charge in [0, 0.05) is 19.3 Å². The van der Waals surface area contributed by atoms with E-state index in [9.17, 15) is 0 Å². The van der Waals surface area contributed by atoms with E-state index >= 15 is 0 Å². The van der Waals surface area contributed by atoms with Crippen LogP contribution in [-0.2, 0) is 13.1 Å². The van der Waals surface area contributed by atoms with Crippen molar-refractivity contribution in [3.63, 3.8) is 0 Å². The number of fused-ring (bicyclic) bond motifs is 1. The number of hydrogen-bond donors (Lipinski definition) is 1. The van der Waals surface area contributed by atoms with Gasteiger partial charge in [0.05, 0.1) is 12.2 Å². The number of nitrogens with zero attached hydrogens (tertiary/aromatic N) is 2. The summed E-state index contributed by atoms with van der Waals surface area (Å²) in [5.74, 6) is 1.17. The fourth-order valence-corrected chi connectivity index (χ4v) is 1.33. The van der Waals surface area contributed by atoms with Crippen molar-refractivity contribution in [3.8, 4) is 0 Å². The van der Waals surface area contributed by atoms with Crippen LogP contribution in [-0.4, -0.2) is 16.1 Å². The molecule has 0 saturated heterocycles. The van der Waals surface area contributed by atoms with Gasteiger partial charge in [-0.05, 0) is 6.92 Å². The topological polar surface area (TPSA) is 29.9 Å². The Hall–Kier alpha value is -0.830. The lowest BCUT2D eigenvalue weighted by molar-refractivity contribution is 0.505. The molecule has 1 N–H and O–H groups in total. The minimum atomic E-state index is 0.924. The Morgan fingerprint density at radius 1 is 1.29 bits per heavy atom. The van der Waals surface area contributed by atoms with Crippen LogP contribution in [0.2, 0.25) is 0 Å². The van der Waals surface area contributed by atoms with Gasteiger partial charge in [0.25, 0.3) is 0 Å². The van der Waals surface area contributed by atoms with Gasteiger partial charge in [0.2, 0.25) is 0 Å². The molecule has 0 spiro atoms. The van der Waals surface area contributed by atoms with Crippen LogP contribution in [0.15, 0.2) is 6.20 Å². The molecule has 82 valence electrons. The van der Waals surface area contributed by atoms with Crippen molar-refractivity contribution in [2.75, 3.05) is 6.54 Å². The van der Waals surface area contributed by atoms with E-state index in [0.29, 0.717) is 0 Å². The molecule has 1 aromatic heterocycles. The normalized spacial score (nSPS) is 12.9. The molecule has 1 aliphatic rings. The highest BCUT2D eigenvalue weighted by atomic mass is 15.1. The van der Waals surface area contributed by atoms with Crippen molar-refractivity contribution in [2.24, 2.45) is 0 Å². The van der Waals surface area contributed by atoms with E-state index in [4.69, 9.17) is 0 Å². The monoisotopic (exact) mass is 197 g/mol. The van der Waals surface area contributed by atoms with Gasteiger partial charge in [-0.1, -0.05) is 27.7 Å². The molecule has 0 fully saturated rings. The summed E-state index contributed by atoms with van der Waals surface area (Å²) in [5.41, 5.74) is 1.12. The molecule has 0 saturated carbocycles. The van der Waals surface area contributed by atoms with E-state index in [1.54, 1.807) is 0 Å². The smallest absolute Gasteiger partial charge is 0.123 e. The standard InChI is InChI=1S/C7H11N3.2C2H6/c1-6-5-10-3-2-8-4-7(10)9-6;2*1-2/h5,8H,2-4H2,1H3;2*1-2H3. The Morgan fingerprint density at radius 3 is 2.50 bits per heavy atom. The molecule has 0 atom stereocenters. The van der Waals surface area contributed by atoms with Crippen LogP contribution in [0.5, 0.6) is 0 Å². The maximum absolute atomic E-state index is 4.35. The van der Waals surface area contributed by atoms with Crippen molar-refractivity contribution in [1.29, 1.82) is 0 Å². The minimum Gasteiger partial charge on any atom is -0.332 e. The van der Waals surface area contributed by atoms with Crippen LogP contribution in [0.4, 0.5) is 0 Å². The Bertz CT molecular complexity index is 217. The summed E-state index contributed by atoms with van der Waals surface area (Å²) in [5, 5.41) is 3.27. The minimum absolute atomic E-state index is 0.924. The lowest BCUT2D eigenvalue weighted by Crippen LogP contribution is -2.27. The summed E-state index contributed by atoms with van der Waals surface area (Å²) in [7, 11) is 0. The first-order chi connectivity index (χ1) is 6.86. The maximum Gasteiger partial charge on any atom is 0.123 e. The molecule has 0 amide bonds. The van der Waals surface area contributed by atoms with E-state index in [0.717, 1.165) is 25.3 Å². The maximum atomic E-state index is 4.35. The Morgan fingerprint density at radius 2 is 1.93 bits per heavy atom. The van der Waals surface area contributed by atoms with Crippen LogP contribution in [0.1, 0.15) is 39.2 Å². The summed E-state index contributed by atoms with van der Waals surface area (Å²) < 4.78 is 2.21. The predicted molar refractivity (Wildman–Crippen MR) is 61.4 cm³/mol.